The molecule has 0 atom stereocenters. The quantitative estimate of drug-likeness (QED) is 0.706. The fourth-order valence-corrected chi connectivity index (χ4v) is 2.87. The van der Waals surface area contributed by atoms with Crippen LogP contribution >= 0.6 is 0 Å². The molecule has 1 aromatic carbocycles. The number of amides is 2. The summed E-state index contributed by atoms with van der Waals surface area (Å²) in [7, 11) is 0. The number of anilines is 2. The Balaban J connectivity index is 1.70. The molecule has 22 heavy (non-hydrogen) atoms. The SMILES string of the molecule is Cc1ccc(N)cc1NC(=O)CNC(=O)CCC1CCCC1. The Bertz CT molecular complexity index is 537. The molecule has 1 aliphatic rings. The molecule has 4 N–H and O–H groups in total. The zero-order chi connectivity index (χ0) is 15.9. The summed E-state index contributed by atoms with van der Waals surface area (Å²) in [5.41, 5.74) is 7.93. The van der Waals surface area contributed by atoms with Gasteiger partial charge in [-0.15, -0.1) is 0 Å². The maximum atomic E-state index is 11.9. The van der Waals surface area contributed by atoms with E-state index in [1.165, 1.54) is 25.7 Å². The molecule has 0 spiro atoms. The van der Waals surface area contributed by atoms with Crippen molar-refractivity contribution in [2.75, 3.05) is 17.6 Å². The maximum Gasteiger partial charge on any atom is 0.243 e. The first-order valence-electron chi connectivity index (χ1n) is 7.97. The first-order valence-corrected chi connectivity index (χ1v) is 7.97. The molecule has 0 saturated heterocycles. The van der Waals surface area contributed by atoms with Crippen LogP contribution in [-0.4, -0.2) is 18.4 Å². The van der Waals surface area contributed by atoms with Gasteiger partial charge in [0.05, 0.1) is 6.54 Å². The highest BCUT2D eigenvalue weighted by Crippen LogP contribution is 2.28. The molecular formula is C17H25N3O2. The van der Waals surface area contributed by atoms with Crippen LogP contribution in [0.5, 0.6) is 0 Å². The molecule has 1 saturated carbocycles. The predicted octanol–water partition coefficient (Wildman–Crippen LogP) is 2.60. The third-order valence-electron chi connectivity index (χ3n) is 4.24. The van der Waals surface area contributed by atoms with E-state index in [9.17, 15) is 9.59 Å². The monoisotopic (exact) mass is 303 g/mol. The van der Waals surface area contributed by atoms with E-state index < -0.39 is 0 Å². The number of benzene rings is 1. The third kappa shape index (κ3) is 5.06. The van der Waals surface area contributed by atoms with Crippen LogP contribution < -0.4 is 16.4 Å². The molecular weight excluding hydrogens is 278 g/mol. The first kappa shape index (κ1) is 16.3. The summed E-state index contributed by atoms with van der Waals surface area (Å²) in [6.45, 7) is 1.90. The summed E-state index contributed by atoms with van der Waals surface area (Å²) in [6, 6.07) is 5.36. The zero-order valence-corrected chi connectivity index (χ0v) is 13.2. The lowest BCUT2D eigenvalue weighted by Crippen LogP contribution is -2.33. The smallest absolute Gasteiger partial charge is 0.243 e. The van der Waals surface area contributed by atoms with Crippen LogP contribution in [0.25, 0.3) is 0 Å². The van der Waals surface area contributed by atoms with Crippen LogP contribution in [0.4, 0.5) is 11.4 Å². The summed E-state index contributed by atoms with van der Waals surface area (Å²) in [6.07, 6.45) is 6.49. The highest BCUT2D eigenvalue weighted by atomic mass is 16.2. The van der Waals surface area contributed by atoms with Crippen molar-refractivity contribution in [1.82, 2.24) is 5.32 Å². The molecule has 0 bridgehead atoms. The lowest BCUT2D eigenvalue weighted by Gasteiger charge is -2.11. The number of hydrogen-bond acceptors (Lipinski definition) is 3. The third-order valence-corrected chi connectivity index (χ3v) is 4.24. The van der Waals surface area contributed by atoms with E-state index in [2.05, 4.69) is 10.6 Å². The van der Waals surface area contributed by atoms with Crippen molar-refractivity contribution >= 4 is 23.2 Å². The first-order chi connectivity index (χ1) is 10.5. The summed E-state index contributed by atoms with van der Waals surface area (Å²) < 4.78 is 0. The molecule has 0 aromatic heterocycles. The Morgan fingerprint density at radius 3 is 2.68 bits per heavy atom. The van der Waals surface area contributed by atoms with Crippen LogP contribution in [0.2, 0.25) is 0 Å². The minimum atomic E-state index is -0.233. The van der Waals surface area contributed by atoms with Crippen LogP contribution in [0.3, 0.4) is 0 Å². The second-order valence-electron chi connectivity index (χ2n) is 6.09. The molecule has 120 valence electrons. The minimum Gasteiger partial charge on any atom is -0.399 e. The number of carbonyl (C=O) groups excluding carboxylic acids is 2. The van der Waals surface area contributed by atoms with Crippen molar-refractivity contribution < 1.29 is 9.59 Å². The molecule has 5 heteroatoms. The molecule has 0 unspecified atom stereocenters. The molecule has 2 amide bonds. The number of rotatable bonds is 6. The van der Waals surface area contributed by atoms with Crippen molar-refractivity contribution in [1.29, 1.82) is 0 Å². The Morgan fingerprint density at radius 2 is 1.95 bits per heavy atom. The fraction of sp³-hybridized carbons (Fsp3) is 0.529. The van der Waals surface area contributed by atoms with Crippen molar-refractivity contribution in [2.45, 2.75) is 45.4 Å². The summed E-state index contributed by atoms with van der Waals surface area (Å²) in [4.78, 5) is 23.6. The van der Waals surface area contributed by atoms with E-state index in [0.29, 0.717) is 23.7 Å². The van der Waals surface area contributed by atoms with Gasteiger partial charge >= 0.3 is 0 Å². The van der Waals surface area contributed by atoms with E-state index in [4.69, 9.17) is 5.73 Å². The minimum absolute atomic E-state index is 0.00224. The molecule has 0 radical (unpaired) electrons. The second-order valence-corrected chi connectivity index (χ2v) is 6.09. The molecule has 1 aromatic rings. The van der Waals surface area contributed by atoms with Gasteiger partial charge in [0.1, 0.15) is 0 Å². The second kappa shape index (κ2) is 7.82. The van der Waals surface area contributed by atoms with Gasteiger partial charge in [-0.2, -0.15) is 0 Å². The molecule has 0 heterocycles. The number of nitrogens with two attached hydrogens (primary N) is 1. The Labute approximate surface area is 131 Å². The lowest BCUT2D eigenvalue weighted by atomic mass is 10.0. The highest BCUT2D eigenvalue weighted by molar-refractivity contribution is 5.95. The van der Waals surface area contributed by atoms with Gasteiger partial charge in [-0.05, 0) is 37.0 Å². The average Bonchev–Trinajstić information content (AvgIpc) is 3.00. The van der Waals surface area contributed by atoms with Crippen LogP contribution in [0.15, 0.2) is 18.2 Å². The van der Waals surface area contributed by atoms with Crippen LogP contribution in [0.1, 0.15) is 44.1 Å². The van der Waals surface area contributed by atoms with Gasteiger partial charge in [0.15, 0.2) is 0 Å². The van der Waals surface area contributed by atoms with Crippen molar-refractivity contribution in [3.8, 4) is 0 Å². The number of nitrogen functional groups attached to an aromatic ring is 1. The van der Waals surface area contributed by atoms with E-state index in [1.807, 2.05) is 13.0 Å². The number of carbonyl (C=O) groups is 2. The Kier molecular flexibility index (Phi) is 5.81. The summed E-state index contributed by atoms with van der Waals surface area (Å²) >= 11 is 0. The predicted molar refractivity (Wildman–Crippen MR) is 88.4 cm³/mol. The van der Waals surface area contributed by atoms with Crippen molar-refractivity contribution in [2.24, 2.45) is 5.92 Å². The molecule has 1 aliphatic carbocycles. The van der Waals surface area contributed by atoms with Crippen molar-refractivity contribution in [3.63, 3.8) is 0 Å². The molecule has 5 nitrogen and oxygen atoms in total. The number of hydrogen-bond donors (Lipinski definition) is 3. The normalized spacial score (nSPS) is 14.8. The fourth-order valence-electron chi connectivity index (χ4n) is 2.87. The Hall–Kier alpha value is -2.04. The summed E-state index contributed by atoms with van der Waals surface area (Å²) in [5.74, 6) is 0.406. The maximum absolute atomic E-state index is 11.9. The standard InChI is InChI=1S/C17H25N3O2/c1-12-6-8-14(18)10-15(12)20-17(22)11-19-16(21)9-7-13-4-2-3-5-13/h6,8,10,13H,2-5,7,9,11,18H2,1H3,(H,19,21)(H,20,22). The van der Waals surface area contributed by atoms with E-state index in [0.717, 1.165) is 12.0 Å². The van der Waals surface area contributed by atoms with E-state index >= 15 is 0 Å². The van der Waals surface area contributed by atoms with Gasteiger partial charge in [-0.3, -0.25) is 9.59 Å². The van der Waals surface area contributed by atoms with Crippen LogP contribution in [-0.2, 0) is 9.59 Å². The van der Waals surface area contributed by atoms with Gasteiger partial charge in [-0.25, -0.2) is 0 Å². The molecule has 0 aliphatic heterocycles. The zero-order valence-electron chi connectivity index (χ0n) is 13.2. The number of aryl methyl sites for hydroxylation is 1. The number of nitrogens with one attached hydrogen (secondary N) is 2. The van der Waals surface area contributed by atoms with Gasteiger partial charge in [0, 0.05) is 17.8 Å². The van der Waals surface area contributed by atoms with Gasteiger partial charge in [0.25, 0.3) is 0 Å². The van der Waals surface area contributed by atoms with Crippen molar-refractivity contribution in [3.05, 3.63) is 23.8 Å². The Morgan fingerprint density at radius 1 is 1.23 bits per heavy atom. The molecule has 2 rings (SSSR count). The highest BCUT2D eigenvalue weighted by Gasteiger charge is 2.16. The topological polar surface area (TPSA) is 84.2 Å². The van der Waals surface area contributed by atoms with E-state index in [1.54, 1.807) is 12.1 Å². The summed E-state index contributed by atoms with van der Waals surface area (Å²) in [5, 5.41) is 5.45. The van der Waals surface area contributed by atoms with E-state index in [-0.39, 0.29) is 18.4 Å². The van der Waals surface area contributed by atoms with Crippen LogP contribution in [0, 0.1) is 12.8 Å². The largest absolute Gasteiger partial charge is 0.399 e. The average molecular weight is 303 g/mol. The van der Waals surface area contributed by atoms with Gasteiger partial charge in [-0.1, -0.05) is 31.7 Å². The lowest BCUT2D eigenvalue weighted by molar-refractivity contribution is -0.124. The van der Waals surface area contributed by atoms with Gasteiger partial charge < -0.3 is 16.4 Å². The molecule has 1 fully saturated rings. The van der Waals surface area contributed by atoms with Gasteiger partial charge in [0.2, 0.25) is 11.8 Å².